The lowest BCUT2D eigenvalue weighted by atomic mass is 10.1. The van der Waals surface area contributed by atoms with Crippen molar-refractivity contribution in [2.75, 3.05) is 0 Å². The number of hydrogen-bond acceptors (Lipinski definition) is 5. The van der Waals surface area contributed by atoms with Gasteiger partial charge in [0.15, 0.2) is 5.76 Å². The Balaban J connectivity index is 1.69. The smallest absolute Gasteiger partial charge is 0.235 e. The molecule has 1 aromatic carbocycles. The zero-order valence-electron chi connectivity index (χ0n) is 11.8. The molecule has 0 N–H and O–H groups in total. The maximum absolute atomic E-state index is 5.36. The van der Waals surface area contributed by atoms with Crippen LogP contribution in [0.3, 0.4) is 0 Å². The maximum Gasteiger partial charge on any atom is 0.235 e. The Hall–Kier alpha value is -2.73. The summed E-state index contributed by atoms with van der Waals surface area (Å²) in [5, 5.41) is 13.7. The average molecular weight is 308 g/mol. The molecule has 0 bridgehead atoms. The van der Waals surface area contributed by atoms with E-state index in [9.17, 15) is 0 Å². The van der Waals surface area contributed by atoms with Crippen LogP contribution in [0.1, 0.15) is 16.1 Å². The summed E-state index contributed by atoms with van der Waals surface area (Å²) in [5.74, 6) is 1.28. The quantitative estimate of drug-likeness (QED) is 0.575. The van der Waals surface area contributed by atoms with Crippen molar-refractivity contribution in [2.45, 2.75) is 6.92 Å². The van der Waals surface area contributed by atoms with Gasteiger partial charge >= 0.3 is 0 Å². The predicted octanol–water partition coefficient (Wildman–Crippen LogP) is 3.92. The Morgan fingerprint density at radius 1 is 1.14 bits per heavy atom. The van der Waals surface area contributed by atoms with Gasteiger partial charge in [-0.3, -0.25) is 0 Å². The second-order valence-electron chi connectivity index (χ2n) is 4.88. The Kier molecular flexibility index (Phi) is 3.08. The van der Waals surface area contributed by atoms with Gasteiger partial charge in [0.1, 0.15) is 5.01 Å². The van der Waals surface area contributed by atoms with E-state index in [1.165, 1.54) is 16.9 Å². The highest BCUT2D eigenvalue weighted by molar-refractivity contribution is 7.17. The SMILES string of the molecule is Cc1cccc(/C=C/c2nn3c(-c4ccco4)nnc3s2)c1. The third-order valence-electron chi connectivity index (χ3n) is 3.21. The average Bonchev–Trinajstić information content (AvgIpc) is 3.21. The van der Waals surface area contributed by atoms with Gasteiger partial charge in [-0.25, -0.2) is 0 Å². The fourth-order valence-corrected chi connectivity index (χ4v) is 2.94. The topological polar surface area (TPSA) is 56.2 Å². The van der Waals surface area contributed by atoms with Gasteiger partial charge < -0.3 is 4.42 Å². The molecule has 0 radical (unpaired) electrons. The highest BCUT2D eigenvalue weighted by Crippen LogP contribution is 2.22. The van der Waals surface area contributed by atoms with Crippen LogP contribution in [0.4, 0.5) is 0 Å². The molecule has 6 heteroatoms. The van der Waals surface area contributed by atoms with Gasteiger partial charge in [0.05, 0.1) is 6.26 Å². The van der Waals surface area contributed by atoms with E-state index in [0.717, 1.165) is 15.5 Å². The van der Waals surface area contributed by atoms with Crippen molar-refractivity contribution in [1.29, 1.82) is 0 Å². The van der Waals surface area contributed by atoms with Gasteiger partial charge in [0.25, 0.3) is 0 Å². The molecule has 0 aliphatic heterocycles. The van der Waals surface area contributed by atoms with Crippen LogP contribution < -0.4 is 0 Å². The first-order valence-corrected chi connectivity index (χ1v) is 7.62. The van der Waals surface area contributed by atoms with Gasteiger partial charge in [0.2, 0.25) is 10.8 Å². The van der Waals surface area contributed by atoms with Crippen LogP contribution in [-0.2, 0) is 0 Å². The van der Waals surface area contributed by atoms with Crippen molar-refractivity contribution in [3.8, 4) is 11.6 Å². The first kappa shape index (κ1) is 13.0. The summed E-state index contributed by atoms with van der Waals surface area (Å²) < 4.78 is 7.07. The summed E-state index contributed by atoms with van der Waals surface area (Å²) in [6, 6.07) is 12.0. The minimum atomic E-state index is 0.617. The van der Waals surface area contributed by atoms with Gasteiger partial charge in [0, 0.05) is 0 Å². The third-order valence-corrected chi connectivity index (χ3v) is 4.07. The van der Waals surface area contributed by atoms with Crippen LogP contribution in [0.5, 0.6) is 0 Å². The van der Waals surface area contributed by atoms with Crippen LogP contribution in [-0.4, -0.2) is 19.8 Å². The number of aromatic nitrogens is 4. The number of aryl methyl sites for hydroxylation is 1. The largest absolute Gasteiger partial charge is 0.461 e. The zero-order valence-corrected chi connectivity index (χ0v) is 12.6. The Bertz CT molecular complexity index is 950. The lowest BCUT2D eigenvalue weighted by Gasteiger charge is -1.94. The van der Waals surface area contributed by atoms with Crippen molar-refractivity contribution in [3.63, 3.8) is 0 Å². The molecule has 0 amide bonds. The van der Waals surface area contributed by atoms with E-state index in [4.69, 9.17) is 4.42 Å². The van der Waals surface area contributed by atoms with Crippen LogP contribution in [0.2, 0.25) is 0 Å². The summed E-state index contributed by atoms with van der Waals surface area (Å²) in [7, 11) is 0. The predicted molar refractivity (Wildman–Crippen MR) is 86.5 cm³/mol. The van der Waals surface area contributed by atoms with E-state index in [2.05, 4.69) is 40.4 Å². The molecule has 3 aromatic heterocycles. The number of fused-ring (bicyclic) bond motifs is 1. The number of furan rings is 1. The lowest BCUT2D eigenvalue weighted by Crippen LogP contribution is -1.89. The van der Waals surface area contributed by atoms with E-state index >= 15 is 0 Å². The summed E-state index contributed by atoms with van der Waals surface area (Å²) in [4.78, 5) is 0.746. The summed E-state index contributed by atoms with van der Waals surface area (Å²) in [6.45, 7) is 2.08. The molecule has 0 atom stereocenters. The maximum atomic E-state index is 5.36. The molecular weight excluding hydrogens is 296 g/mol. The number of rotatable bonds is 3. The van der Waals surface area contributed by atoms with E-state index in [0.29, 0.717) is 11.6 Å². The third kappa shape index (κ3) is 2.33. The fourth-order valence-electron chi connectivity index (χ4n) is 2.20. The van der Waals surface area contributed by atoms with Crippen LogP contribution in [0.15, 0.2) is 47.1 Å². The Morgan fingerprint density at radius 3 is 2.91 bits per heavy atom. The van der Waals surface area contributed by atoms with Crippen LogP contribution in [0.25, 0.3) is 28.7 Å². The number of hydrogen-bond donors (Lipinski definition) is 0. The molecule has 0 aliphatic rings. The van der Waals surface area contributed by atoms with Crippen LogP contribution in [0, 0.1) is 6.92 Å². The van der Waals surface area contributed by atoms with Gasteiger partial charge in [-0.1, -0.05) is 47.2 Å². The highest BCUT2D eigenvalue weighted by atomic mass is 32.1. The minimum absolute atomic E-state index is 0.617. The minimum Gasteiger partial charge on any atom is -0.461 e. The van der Waals surface area contributed by atoms with E-state index in [-0.39, 0.29) is 0 Å². The Labute approximate surface area is 130 Å². The summed E-state index contributed by atoms with van der Waals surface area (Å²) >= 11 is 1.49. The zero-order chi connectivity index (χ0) is 14.9. The molecule has 22 heavy (non-hydrogen) atoms. The molecule has 0 fully saturated rings. The van der Waals surface area contributed by atoms with E-state index < -0.39 is 0 Å². The lowest BCUT2D eigenvalue weighted by molar-refractivity contribution is 0.575. The first-order valence-electron chi connectivity index (χ1n) is 6.80. The van der Waals surface area contributed by atoms with E-state index in [1.54, 1.807) is 10.8 Å². The second-order valence-corrected chi connectivity index (χ2v) is 5.87. The van der Waals surface area contributed by atoms with Gasteiger partial charge in [-0.05, 0) is 30.7 Å². The molecule has 0 saturated heterocycles. The molecule has 0 saturated carbocycles. The highest BCUT2D eigenvalue weighted by Gasteiger charge is 2.14. The molecule has 3 heterocycles. The van der Waals surface area contributed by atoms with E-state index in [1.807, 2.05) is 30.4 Å². The first-order chi connectivity index (χ1) is 10.8. The number of benzene rings is 1. The summed E-state index contributed by atoms with van der Waals surface area (Å²) in [6.07, 6.45) is 5.65. The standard InChI is InChI=1S/C16H12N4OS/c1-11-4-2-5-12(10-11)7-8-14-19-20-15(13-6-3-9-21-13)17-18-16(20)22-14/h2-10H,1H3/b8-7+. The molecule has 0 aliphatic carbocycles. The van der Waals surface area contributed by atoms with Crippen molar-refractivity contribution in [3.05, 3.63) is 58.8 Å². The van der Waals surface area contributed by atoms with Crippen molar-refractivity contribution < 1.29 is 4.42 Å². The molecule has 5 nitrogen and oxygen atoms in total. The normalized spacial score (nSPS) is 11.7. The molecule has 4 rings (SSSR count). The summed E-state index contributed by atoms with van der Waals surface area (Å²) in [5.41, 5.74) is 2.39. The molecule has 108 valence electrons. The molecule has 0 unspecified atom stereocenters. The van der Waals surface area contributed by atoms with Crippen molar-refractivity contribution in [2.24, 2.45) is 0 Å². The fraction of sp³-hybridized carbons (Fsp3) is 0.0625. The van der Waals surface area contributed by atoms with Crippen molar-refractivity contribution >= 4 is 28.4 Å². The number of nitrogens with zero attached hydrogens (tertiary/aromatic N) is 4. The molecule has 0 spiro atoms. The van der Waals surface area contributed by atoms with Gasteiger partial charge in [-0.15, -0.1) is 10.2 Å². The van der Waals surface area contributed by atoms with Crippen LogP contribution >= 0.6 is 11.3 Å². The monoisotopic (exact) mass is 308 g/mol. The van der Waals surface area contributed by atoms with Gasteiger partial charge in [-0.2, -0.15) is 9.61 Å². The Morgan fingerprint density at radius 2 is 2.09 bits per heavy atom. The molecule has 4 aromatic rings. The second kappa shape index (κ2) is 5.23. The molecular formula is C16H12N4OS. The van der Waals surface area contributed by atoms with Crippen molar-refractivity contribution in [1.82, 2.24) is 19.8 Å².